The van der Waals surface area contributed by atoms with Crippen LogP contribution in [0.15, 0.2) is 18.3 Å². The number of pyridine rings is 1. The summed E-state index contributed by atoms with van der Waals surface area (Å²) in [5.74, 6) is 0.848. The lowest BCUT2D eigenvalue weighted by molar-refractivity contribution is 0.189. The first kappa shape index (κ1) is 12.8. The van der Waals surface area contributed by atoms with Gasteiger partial charge < -0.3 is 10.0 Å². The van der Waals surface area contributed by atoms with E-state index < -0.39 is 0 Å². The van der Waals surface area contributed by atoms with Crippen molar-refractivity contribution in [1.29, 1.82) is 5.26 Å². The molecule has 4 nitrogen and oxygen atoms in total. The van der Waals surface area contributed by atoms with E-state index in [0.717, 1.165) is 25.2 Å². The van der Waals surface area contributed by atoms with E-state index in [9.17, 15) is 5.11 Å². The molecule has 2 heterocycles. The summed E-state index contributed by atoms with van der Waals surface area (Å²) in [6, 6.07) is 5.85. The second kappa shape index (κ2) is 4.95. The van der Waals surface area contributed by atoms with E-state index >= 15 is 0 Å². The fourth-order valence-corrected chi connectivity index (χ4v) is 2.46. The van der Waals surface area contributed by atoms with Gasteiger partial charge in [-0.1, -0.05) is 13.8 Å². The van der Waals surface area contributed by atoms with Gasteiger partial charge >= 0.3 is 0 Å². The molecule has 1 aliphatic rings. The fourth-order valence-electron chi connectivity index (χ4n) is 2.46. The predicted molar refractivity (Wildman–Crippen MR) is 70.2 cm³/mol. The second-order valence-corrected chi connectivity index (χ2v) is 5.68. The molecule has 1 aromatic rings. The standard InChI is InChI=1S/C14H19N3O/c1-14(2)6-5-12(9-18)17(10-14)13-4-3-11(7-15)8-16-13/h3-4,8,12,18H,5-6,9-10H2,1-2H3. The van der Waals surface area contributed by atoms with Gasteiger partial charge in [0.05, 0.1) is 18.2 Å². The minimum Gasteiger partial charge on any atom is -0.394 e. The molecule has 4 heteroatoms. The molecule has 0 aliphatic carbocycles. The van der Waals surface area contributed by atoms with Gasteiger partial charge in [-0.05, 0) is 30.4 Å². The molecule has 0 amide bonds. The Morgan fingerprint density at radius 2 is 2.33 bits per heavy atom. The molecule has 1 saturated heterocycles. The summed E-state index contributed by atoms with van der Waals surface area (Å²) < 4.78 is 0. The Balaban J connectivity index is 2.24. The second-order valence-electron chi connectivity index (χ2n) is 5.68. The average molecular weight is 245 g/mol. The zero-order chi connectivity index (χ0) is 13.2. The van der Waals surface area contributed by atoms with Crippen LogP contribution in [0.1, 0.15) is 32.3 Å². The predicted octanol–water partition coefficient (Wildman–Crippen LogP) is 1.94. The van der Waals surface area contributed by atoms with E-state index in [2.05, 4.69) is 29.8 Å². The van der Waals surface area contributed by atoms with Gasteiger partial charge in [0.1, 0.15) is 11.9 Å². The van der Waals surface area contributed by atoms with Crippen LogP contribution in [0.3, 0.4) is 0 Å². The Morgan fingerprint density at radius 3 is 2.89 bits per heavy atom. The van der Waals surface area contributed by atoms with Crippen molar-refractivity contribution in [2.45, 2.75) is 32.7 Å². The largest absolute Gasteiger partial charge is 0.394 e. The maximum absolute atomic E-state index is 9.47. The van der Waals surface area contributed by atoms with Crippen molar-refractivity contribution in [3.05, 3.63) is 23.9 Å². The number of aromatic nitrogens is 1. The van der Waals surface area contributed by atoms with Gasteiger partial charge in [0.15, 0.2) is 0 Å². The first-order valence-corrected chi connectivity index (χ1v) is 6.29. The molecule has 2 rings (SSSR count). The molecule has 0 radical (unpaired) electrons. The molecule has 1 aromatic heterocycles. The van der Waals surface area contributed by atoms with E-state index in [1.165, 1.54) is 0 Å². The van der Waals surface area contributed by atoms with Crippen LogP contribution in [-0.4, -0.2) is 29.3 Å². The van der Waals surface area contributed by atoms with Crippen LogP contribution in [0, 0.1) is 16.7 Å². The SMILES string of the molecule is CC1(C)CCC(CO)N(c2ccc(C#N)cn2)C1. The Hall–Kier alpha value is -1.60. The quantitative estimate of drug-likeness (QED) is 0.865. The van der Waals surface area contributed by atoms with Crippen LogP contribution in [0.5, 0.6) is 0 Å². The van der Waals surface area contributed by atoms with Gasteiger partial charge in [0.2, 0.25) is 0 Å². The highest BCUT2D eigenvalue weighted by molar-refractivity contribution is 5.43. The third-order valence-corrected chi connectivity index (χ3v) is 3.58. The first-order valence-electron chi connectivity index (χ1n) is 6.29. The number of piperidine rings is 1. The zero-order valence-corrected chi connectivity index (χ0v) is 10.9. The summed E-state index contributed by atoms with van der Waals surface area (Å²) >= 11 is 0. The fraction of sp³-hybridized carbons (Fsp3) is 0.571. The lowest BCUT2D eigenvalue weighted by Crippen LogP contribution is -2.49. The van der Waals surface area contributed by atoms with Gasteiger partial charge in [0.25, 0.3) is 0 Å². The number of hydrogen-bond acceptors (Lipinski definition) is 4. The number of rotatable bonds is 2. The van der Waals surface area contributed by atoms with Crippen molar-refractivity contribution in [3.63, 3.8) is 0 Å². The van der Waals surface area contributed by atoms with Gasteiger partial charge in [-0.2, -0.15) is 5.26 Å². The monoisotopic (exact) mass is 245 g/mol. The van der Waals surface area contributed by atoms with Gasteiger partial charge in [-0.15, -0.1) is 0 Å². The van der Waals surface area contributed by atoms with E-state index in [-0.39, 0.29) is 18.1 Å². The Morgan fingerprint density at radius 1 is 1.56 bits per heavy atom. The maximum atomic E-state index is 9.47. The van der Waals surface area contributed by atoms with E-state index in [1.807, 2.05) is 6.07 Å². The average Bonchev–Trinajstić information content (AvgIpc) is 2.38. The van der Waals surface area contributed by atoms with Gasteiger partial charge in [-0.3, -0.25) is 0 Å². The topological polar surface area (TPSA) is 60.1 Å². The number of aliphatic hydroxyl groups is 1. The molecule has 1 aliphatic heterocycles. The van der Waals surface area contributed by atoms with Crippen LogP contribution < -0.4 is 4.90 Å². The molecule has 0 saturated carbocycles. The van der Waals surface area contributed by atoms with Crippen LogP contribution in [0.2, 0.25) is 0 Å². The third kappa shape index (κ3) is 2.62. The molecular formula is C14H19N3O. The number of nitriles is 1. The summed E-state index contributed by atoms with van der Waals surface area (Å²) in [5.41, 5.74) is 0.803. The molecular weight excluding hydrogens is 226 g/mol. The minimum absolute atomic E-state index is 0.137. The Labute approximate surface area is 108 Å². The highest BCUT2D eigenvalue weighted by Gasteiger charge is 2.33. The molecule has 0 bridgehead atoms. The van der Waals surface area contributed by atoms with E-state index in [0.29, 0.717) is 5.56 Å². The number of hydrogen-bond donors (Lipinski definition) is 1. The summed E-state index contributed by atoms with van der Waals surface area (Å²) in [6.07, 6.45) is 3.68. The number of anilines is 1. The van der Waals surface area contributed by atoms with Crippen LogP contribution >= 0.6 is 0 Å². The summed E-state index contributed by atoms with van der Waals surface area (Å²) in [5, 5.41) is 18.2. The molecule has 96 valence electrons. The molecule has 1 fully saturated rings. The van der Waals surface area contributed by atoms with Crippen molar-refractivity contribution in [2.75, 3.05) is 18.1 Å². The lowest BCUT2D eigenvalue weighted by Gasteiger charge is -2.43. The zero-order valence-electron chi connectivity index (χ0n) is 10.9. The Kier molecular flexibility index (Phi) is 3.53. The Bertz CT molecular complexity index is 447. The van der Waals surface area contributed by atoms with Crippen LogP contribution in [-0.2, 0) is 0 Å². The molecule has 18 heavy (non-hydrogen) atoms. The molecule has 0 aromatic carbocycles. The van der Waals surface area contributed by atoms with Crippen molar-refractivity contribution in [2.24, 2.45) is 5.41 Å². The highest BCUT2D eigenvalue weighted by atomic mass is 16.3. The van der Waals surface area contributed by atoms with Crippen molar-refractivity contribution in [1.82, 2.24) is 4.98 Å². The number of nitrogens with zero attached hydrogens (tertiary/aromatic N) is 3. The smallest absolute Gasteiger partial charge is 0.128 e. The number of aliphatic hydroxyl groups excluding tert-OH is 1. The van der Waals surface area contributed by atoms with Gasteiger partial charge in [-0.25, -0.2) is 4.98 Å². The highest BCUT2D eigenvalue weighted by Crippen LogP contribution is 2.34. The molecule has 1 atom stereocenters. The van der Waals surface area contributed by atoms with E-state index in [4.69, 9.17) is 5.26 Å². The molecule has 0 spiro atoms. The van der Waals surface area contributed by atoms with E-state index in [1.54, 1.807) is 12.3 Å². The van der Waals surface area contributed by atoms with Crippen molar-refractivity contribution in [3.8, 4) is 6.07 Å². The lowest BCUT2D eigenvalue weighted by atomic mass is 9.81. The normalized spacial score (nSPS) is 22.6. The summed E-state index contributed by atoms with van der Waals surface area (Å²) in [4.78, 5) is 6.49. The van der Waals surface area contributed by atoms with Crippen LogP contribution in [0.25, 0.3) is 0 Å². The minimum atomic E-state index is 0.137. The summed E-state index contributed by atoms with van der Waals surface area (Å²) in [7, 11) is 0. The summed E-state index contributed by atoms with van der Waals surface area (Å²) in [6.45, 7) is 5.50. The third-order valence-electron chi connectivity index (χ3n) is 3.58. The van der Waals surface area contributed by atoms with Crippen LogP contribution in [0.4, 0.5) is 5.82 Å². The maximum Gasteiger partial charge on any atom is 0.128 e. The molecule has 1 N–H and O–H groups in total. The first-order chi connectivity index (χ1) is 8.55. The molecule has 1 unspecified atom stereocenters. The van der Waals surface area contributed by atoms with Crippen molar-refractivity contribution < 1.29 is 5.11 Å². The van der Waals surface area contributed by atoms with Gasteiger partial charge in [0, 0.05) is 12.7 Å². The van der Waals surface area contributed by atoms with Crippen molar-refractivity contribution >= 4 is 5.82 Å².